The van der Waals surface area contributed by atoms with Crippen LogP contribution in [0.4, 0.5) is 5.82 Å². The summed E-state index contributed by atoms with van der Waals surface area (Å²) in [4.78, 5) is 8.61. The normalized spacial score (nSPS) is 10.8. The summed E-state index contributed by atoms with van der Waals surface area (Å²) in [6.07, 6.45) is 5.19. The summed E-state index contributed by atoms with van der Waals surface area (Å²) in [6, 6.07) is 15.3. The number of halogens is 1. The van der Waals surface area contributed by atoms with Gasteiger partial charge in [-0.1, -0.05) is 35.9 Å². The molecule has 0 aliphatic heterocycles. The highest BCUT2D eigenvalue weighted by Crippen LogP contribution is 2.34. The van der Waals surface area contributed by atoms with Crippen LogP contribution in [0.5, 0.6) is 5.75 Å². The molecule has 6 nitrogen and oxygen atoms in total. The number of hydrogen-bond acceptors (Lipinski definition) is 5. The molecule has 0 aliphatic carbocycles. The summed E-state index contributed by atoms with van der Waals surface area (Å²) in [5.74, 6) is 1.23. The first-order chi connectivity index (χ1) is 13.6. The van der Waals surface area contributed by atoms with Gasteiger partial charge in [-0.3, -0.25) is 4.68 Å². The number of hydrogen-bond donors (Lipinski definition) is 1. The van der Waals surface area contributed by atoms with E-state index in [2.05, 4.69) is 15.1 Å². The van der Waals surface area contributed by atoms with E-state index in [4.69, 9.17) is 22.1 Å². The predicted octanol–water partition coefficient (Wildman–Crippen LogP) is 4.30. The molecule has 0 radical (unpaired) electrons. The van der Waals surface area contributed by atoms with Gasteiger partial charge in [-0.25, -0.2) is 9.97 Å². The van der Waals surface area contributed by atoms with Gasteiger partial charge in [0.25, 0.3) is 0 Å². The zero-order valence-electron chi connectivity index (χ0n) is 15.2. The number of rotatable bonds is 5. The highest BCUT2D eigenvalue weighted by atomic mass is 35.5. The lowest BCUT2D eigenvalue weighted by molar-refractivity contribution is 0.414. The molecule has 0 bridgehead atoms. The van der Waals surface area contributed by atoms with E-state index in [9.17, 15) is 0 Å². The molecule has 2 aromatic heterocycles. The Bertz CT molecular complexity index is 1110. The summed E-state index contributed by atoms with van der Waals surface area (Å²) in [5, 5.41) is 5.13. The summed E-state index contributed by atoms with van der Waals surface area (Å²) in [6.45, 7) is 0.619. The minimum atomic E-state index is 0.410. The van der Waals surface area contributed by atoms with Gasteiger partial charge >= 0.3 is 0 Å². The van der Waals surface area contributed by atoms with Crippen molar-refractivity contribution in [2.24, 2.45) is 0 Å². The first-order valence-corrected chi connectivity index (χ1v) is 9.04. The summed E-state index contributed by atoms with van der Waals surface area (Å²) in [7, 11) is 1.66. The van der Waals surface area contributed by atoms with Gasteiger partial charge in [0.05, 0.1) is 31.1 Å². The third-order valence-corrected chi connectivity index (χ3v) is 4.65. The van der Waals surface area contributed by atoms with Gasteiger partial charge in [0, 0.05) is 16.8 Å². The Morgan fingerprint density at radius 2 is 1.89 bits per heavy atom. The highest BCUT2D eigenvalue weighted by Gasteiger charge is 2.15. The van der Waals surface area contributed by atoms with E-state index < -0.39 is 0 Å². The largest absolute Gasteiger partial charge is 0.497 e. The molecule has 2 heterocycles. The van der Waals surface area contributed by atoms with E-state index in [1.807, 2.05) is 59.4 Å². The lowest BCUT2D eigenvalue weighted by Gasteiger charge is -2.09. The molecule has 2 aromatic carbocycles. The van der Waals surface area contributed by atoms with E-state index in [1.54, 1.807) is 13.3 Å². The Hall–Kier alpha value is -3.38. The smallest absolute Gasteiger partial charge is 0.135 e. The molecule has 0 amide bonds. The van der Waals surface area contributed by atoms with E-state index >= 15 is 0 Å². The maximum atomic E-state index is 6.17. The average molecular weight is 392 g/mol. The minimum absolute atomic E-state index is 0.410. The number of nitrogens with two attached hydrogens (primary N) is 1. The molecule has 0 saturated heterocycles. The monoisotopic (exact) mass is 391 g/mol. The number of benzene rings is 2. The van der Waals surface area contributed by atoms with Crippen LogP contribution in [0.15, 0.2) is 67.3 Å². The quantitative estimate of drug-likeness (QED) is 0.548. The van der Waals surface area contributed by atoms with E-state index in [-0.39, 0.29) is 0 Å². The maximum absolute atomic E-state index is 6.17. The summed E-state index contributed by atoms with van der Waals surface area (Å²) >= 11 is 6.01. The Morgan fingerprint density at radius 1 is 1.07 bits per heavy atom. The van der Waals surface area contributed by atoms with Crippen LogP contribution in [0.3, 0.4) is 0 Å². The molecule has 0 fully saturated rings. The third kappa shape index (κ3) is 3.68. The standard InChI is InChI=1S/C21H18ClN5O/c1-28-18-4-2-3-14(9-18)11-27-12-16(10-26-27)20-19(21(23)25-13-24-20)15-5-7-17(22)8-6-15/h2-10,12-13H,11H2,1H3,(H2,23,24,25). The summed E-state index contributed by atoms with van der Waals surface area (Å²) in [5.41, 5.74) is 10.5. The fourth-order valence-electron chi connectivity index (χ4n) is 3.05. The van der Waals surface area contributed by atoms with Gasteiger partial charge in [0.1, 0.15) is 17.9 Å². The molecule has 7 heteroatoms. The Kier molecular flexibility index (Phi) is 4.95. The van der Waals surface area contributed by atoms with Crippen LogP contribution in [0.1, 0.15) is 5.56 Å². The van der Waals surface area contributed by atoms with Crippen LogP contribution in [-0.2, 0) is 6.54 Å². The predicted molar refractivity (Wildman–Crippen MR) is 110 cm³/mol. The molecular formula is C21H18ClN5O. The van der Waals surface area contributed by atoms with Crippen LogP contribution >= 0.6 is 11.6 Å². The number of aromatic nitrogens is 4. The summed E-state index contributed by atoms with van der Waals surface area (Å²) < 4.78 is 7.14. The van der Waals surface area contributed by atoms with E-state index in [1.165, 1.54) is 6.33 Å². The average Bonchev–Trinajstić information content (AvgIpc) is 3.17. The minimum Gasteiger partial charge on any atom is -0.497 e. The zero-order chi connectivity index (χ0) is 19.5. The van der Waals surface area contributed by atoms with Gasteiger partial charge < -0.3 is 10.5 Å². The molecule has 0 saturated carbocycles. The number of methoxy groups -OCH3 is 1. The van der Waals surface area contributed by atoms with Crippen LogP contribution in [-0.4, -0.2) is 26.9 Å². The molecular weight excluding hydrogens is 374 g/mol. The van der Waals surface area contributed by atoms with Gasteiger partial charge in [0.15, 0.2) is 0 Å². The van der Waals surface area contributed by atoms with Crippen molar-refractivity contribution in [3.63, 3.8) is 0 Å². The van der Waals surface area contributed by atoms with Gasteiger partial charge in [0.2, 0.25) is 0 Å². The first-order valence-electron chi connectivity index (χ1n) is 8.66. The highest BCUT2D eigenvalue weighted by molar-refractivity contribution is 6.30. The molecule has 0 aliphatic rings. The molecule has 28 heavy (non-hydrogen) atoms. The Morgan fingerprint density at radius 3 is 2.68 bits per heavy atom. The van der Waals surface area contributed by atoms with Crippen molar-refractivity contribution in [2.75, 3.05) is 12.8 Å². The second-order valence-corrected chi connectivity index (χ2v) is 6.70. The van der Waals surface area contributed by atoms with E-state index in [0.717, 1.165) is 33.7 Å². The van der Waals surface area contributed by atoms with Crippen molar-refractivity contribution in [2.45, 2.75) is 6.54 Å². The van der Waals surface area contributed by atoms with Crippen molar-refractivity contribution >= 4 is 17.4 Å². The lowest BCUT2D eigenvalue weighted by Crippen LogP contribution is -2.00. The van der Waals surface area contributed by atoms with Crippen LogP contribution in [0, 0.1) is 0 Å². The van der Waals surface area contributed by atoms with Crippen molar-refractivity contribution in [1.82, 2.24) is 19.7 Å². The molecule has 0 atom stereocenters. The first kappa shape index (κ1) is 18.0. The van der Waals surface area contributed by atoms with Crippen molar-refractivity contribution in [3.05, 3.63) is 77.8 Å². The van der Waals surface area contributed by atoms with Crippen LogP contribution < -0.4 is 10.5 Å². The van der Waals surface area contributed by atoms with Crippen molar-refractivity contribution in [3.8, 4) is 28.1 Å². The molecule has 2 N–H and O–H groups in total. The van der Waals surface area contributed by atoms with Crippen molar-refractivity contribution in [1.29, 1.82) is 0 Å². The molecule has 0 spiro atoms. The molecule has 0 unspecified atom stereocenters. The lowest BCUT2D eigenvalue weighted by atomic mass is 10.0. The zero-order valence-corrected chi connectivity index (χ0v) is 16.0. The van der Waals surface area contributed by atoms with Gasteiger partial charge in [-0.15, -0.1) is 0 Å². The number of nitrogens with zero attached hydrogens (tertiary/aromatic N) is 4. The molecule has 4 aromatic rings. The van der Waals surface area contributed by atoms with Crippen LogP contribution in [0.2, 0.25) is 5.02 Å². The molecule has 140 valence electrons. The third-order valence-electron chi connectivity index (χ3n) is 4.39. The topological polar surface area (TPSA) is 78.8 Å². The number of anilines is 1. The fourth-order valence-corrected chi connectivity index (χ4v) is 3.18. The van der Waals surface area contributed by atoms with Gasteiger partial charge in [-0.05, 0) is 35.4 Å². The van der Waals surface area contributed by atoms with Gasteiger partial charge in [-0.2, -0.15) is 5.10 Å². The fraction of sp³-hybridized carbons (Fsp3) is 0.0952. The number of ether oxygens (including phenoxy) is 1. The maximum Gasteiger partial charge on any atom is 0.135 e. The second-order valence-electron chi connectivity index (χ2n) is 6.27. The van der Waals surface area contributed by atoms with Crippen LogP contribution in [0.25, 0.3) is 22.4 Å². The number of nitrogen functional groups attached to an aromatic ring is 1. The SMILES string of the molecule is COc1cccc(Cn2cc(-c3ncnc(N)c3-c3ccc(Cl)cc3)cn2)c1. The Labute approximate surface area is 167 Å². The molecule has 4 rings (SSSR count). The Balaban J connectivity index is 1.69. The van der Waals surface area contributed by atoms with E-state index in [0.29, 0.717) is 17.4 Å². The second kappa shape index (κ2) is 7.70. The van der Waals surface area contributed by atoms with Crippen molar-refractivity contribution < 1.29 is 4.74 Å².